The van der Waals surface area contributed by atoms with E-state index in [0.717, 1.165) is 25.7 Å². The number of rotatable bonds is 6. The van der Waals surface area contributed by atoms with Gasteiger partial charge in [-0.05, 0) is 43.7 Å². The molecule has 1 aliphatic rings. The van der Waals surface area contributed by atoms with E-state index in [1.54, 1.807) is 18.5 Å². The standard InChI is InChI=1S/C21H22F3N5O2/c22-21(23,24)31-18-4-2-1-3-17(18)29-11-15(9-28-29)20-19(10-26-13-27-20)30-12-14-5-7-16(25)8-6-14/h1-4,9-11,13-14,16H,5-8,12,25H2/t14-,16+. The first kappa shape index (κ1) is 21.1. The van der Waals surface area contributed by atoms with Gasteiger partial charge < -0.3 is 15.2 Å². The van der Waals surface area contributed by atoms with E-state index in [-0.39, 0.29) is 17.5 Å². The van der Waals surface area contributed by atoms with Gasteiger partial charge in [-0.15, -0.1) is 13.2 Å². The first-order valence-electron chi connectivity index (χ1n) is 9.97. The van der Waals surface area contributed by atoms with Gasteiger partial charge in [0.25, 0.3) is 0 Å². The molecule has 1 saturated carbocycles. The third-order valence-electron chi connectivity index (χ3n) is 5.24. The lowest BCUT2D eigenvalue weighted by Crippen LogP contribution is -2.28. The summed E-state index contributed by atoms with van der Waals surface area (Å²) in [7, 11) is 0. The number of hydrogen-bond acceptors (Lipinski definition) is 6. The van der Waals surface area contributed by atoms with E-state index in [4.69, 9.17) is 10.5 Å². The van der Waals surface area contributed by atoms with Crippen LogP contribution in [0.2, 0.25) is 0 Å². The second-order valence-electron chi connectivity index (χ2n) is 7.52. The maximum absolute atomic E-state index is 12.7. The topological polar surface area (TPSA) is 88.1 Å². The Morgan fingerprint density at radius 3 is 2.61 bits per heavy atom. The van der Waals surface area contributed by atoms with Crippen molar-refractivity contribution in [3.05, 3.63) is 49.2 Å². The van der Waals surface area contributed by atoms with Crippen LogP contribution in [0.15, 0.2) is 49.2 Å². The summed E-state index contributed by atoms with van der Waals surface area (Å²) in [6, 6.07) is 6.06. The van der Waals surface area contributed by atoms with Crippen LogP contribution in [0.3, 0.4) is 0 Å². The molecule has 10 heteroatoms. The van der Waals surface area contributed by atoms with Gasteiger partial charge in [-0.2, -0.15) is 5.10 Å². The first-order chi connectivity index (χ1) is 14.9. The highest BCUT2D eigenvalue weighted by Crippen LogP contribution is 2.32. The number of nitrogens with two attached hydrogens (primary N) is 1. The molecule has 0 radical (unpaired) electrons. The molecule has 4 rings (SSSR count). The highest BCUT2D eigenvalue weighted by molar-refractivity contribution is 5.64. The fourth-order valence-corrected chi connectivity index (χ4v) is 3.64. The number of aromatic nitrogens is 4. The maximum Gasteiger partial charge on any atom is 0.573 e. The second-order valence-corrected chi connectivity index (χ2v) is 7.52. The minimum atomic E-state index is -4.80. The zero-order valence-corrected chi connectivity index (χ0v) is 16.6. The van der Waals surface area contributed by atoms with Gasteiger partial charge in [0.1, 0.15) is 17.7 Å². The fraction of sp³-hybridized carbons (Fsp3) is 0.381. The van der Waals surface area contributed by atoms with Crippen LogP contribution in [0.5, 0.6) is 11.5 Å². The Morgan fingerprint density at radius 1 is 1.06 bits per heavy atom. The van der Waals surface area contributed by atoms with Gasteiger partial charge in [-0.3, -0.25) is 0 Å². The van der Waals surface area contributed by atoms with E-state index in [1.165, 1.54) is 35.4 Å². The average Bonchev–Trinajstić information content (AvgIpc) is 3.23. The molecule has 1 fully saturated rings. The molecule has 164 valence electrons. The first-order valence-corrected chi connectivity index (χ1v) is 9.97. The van der Waals surface area contributed by atoms with Crippen LogP contribution in [0.1, 0.15) is 25.7 Å². The van der Waals surface area contributed by atoms with Gasteiger partial charge in [-0.25, -0.2) is 14.6 Å². The van der Waals surface area contributed by atoms with Crippen molar-refractivity contribution < 1.29 is 22.6 Å². The molecule has 2 N–H and O–H groups in total. The molecule has 0 amide bonds. The molecule has 2 aromatic heterocycles. The molecule has 0 saturated heterocycles. The van der Waals surface area contributed by atoms with Crippen LogP contribution in [0.25, 0.3) is 16.9 Å². The molecule has 1 aliphatic carbocycles. The van der Waals surface area contributed by atoms with Gasteiger partial charge in [0.05, 0.1) is 19.0 Å². The summed E-state index contributed by atoms with van der Waals surface area (Å²) in [6.45, 7) is 0.531. The number of halogens is 3. The predicted octanol–water partition coefficient (Wildman–Crippen LogP) is 4.12. The Labute approximate surface area is 177 Å². The number of benzene rings is 1. The predicted molar refractivity (Wildman–Crippen MR) is 107 cm³/mol. The number of hydrogen-bond donors (Lipinski definition) is 1. The van der Waals surface area contributed by atoms with Crippen LogP contribution in [0.4, 0.5) is 13.2 Å². The Kier molecular flexibility index (Phi) is 6.08. The monoisotopic (exact) mass is 433 g/mol. The highest BCUT2D eigenvalue weighted by Gasteiger charge is 2.32. The van der Waals surface area contributed by atoms with Crippen LogP contribution >= 0.6 is 0 Å². The van der Waals surface area contributed by atoms with Crippen molar-refractivity contribution in [3.8, 4) is 28.4 Å². The largest absolute Gasteiger partial charge is 0.573 e. The molecule has 7 nitrogen and oxygen atoms in total. The molecular formula is C21H22F3N5O2. The molecule has 1 aromatic carbocycles. The third kappa shape index (κ3) is 5.32. The average molecular weight is 433 g/mol. The lowest BCUT2D eigenvalue weighted by molar-refractivity contribution is -0.274. The van der Waals surface area contributed by atoms with E-state index in [9.17, 15) is 13.2 Å². The van der Waals surface area contributed by atoms with Crippen molar-refractivity contribution in [3.63, 3.8) is 0 Å². The molecule has 0 bridgehead atoms. The molecule has 0 aliphatic heterocycles. The molecule has 31 heavy (non-hydrogen) atoms. The van der Waals surface area contributed by atoms with Crippen LogP contribution in [-0.2, 0) is 0 Å². The minimum Gasteiger partial charge on any atom is -0.489 e. The van der Waals surface area contributed by atoms with Crippen LogP contribution in [-0.4, -0.2) is 38.8 Å². The molecular weight excluding hydrogens is 411 g/mol. The van der Waals surface area contributed by atoms with Crippen molar-refractivity contribution in [2.75, 3.05) is 6.61 Å². The smallest absolute Gasteiger partial charge is 0.489 e. The summed E-state index contributed by atoms with van der Waals surface area (Å²) in [5.41, 5.74) is 7.22. The second kappa shape index (κ2) is 8.93. The lowest BCUT2D eigenvalue weighted by atomic mass is 9.87. The van der Waals surface area contributed by atoms with Crippen molar-refractivity contribution in [2.24, 2.45) is 11.7 Å². The summed E-state index contributed by atoms with van der Waals surface area (Å²) in [5.74, 6) is 0.568. The lowest BCUT2D eigenvalue weighted by Gasteiger charge is -2.26. The van der Waals surface area contributed by atoms with Crippen molar-refractivity contribution in [2.45, 2.75) is 38.1 Å². The van der Waals surface area contributed by atoms with E-state index in [2.05, 4.69) is 19.8 Å². The van der Waals surface area contributed by atoms with Crippen molar-refractivity contribution in [1.29, 1.82) is 0 Å². The van der Waals surface area contributed by atoms with Gasteiger partial charge in [-0.1, -0.05) is 12.1 Å². The molecule has 0 spiro atoms. The van der Waals surface area contributed by atoms with Gasteiger partial charge >= 0.3 is 6.36 Å². The molecule has 0 atom stereocenters. The van der Waals surface area contributed by atoms with Crippen molar-refractivity contribution in [1.82, 2.24) is 19.7 Å². The van der Waals surface area contributed by atoms with Crippen LogP contribution in [0, 0.1) is 5.92 Å². The number of ether oxygens (including phenoxy) is 2. The summed E-state index contributed by atoms with van der Waals surface area (Å²) >= 11 is 0. The van der Waals surface area contributed by atoms with Gasteiger partial charge in [0.2, 0.25) is 0 Å². The Morgan fingerprint density at radius 2 is 1.84 bits per heavy atom. The fourth-order valence-electron chi connectivity index (χ4n) is 3.64. The van der Waals surface area contributed by atoms with E-state index in [0.29, 0.717) is 29.5 Å². The SMILES string of the molecule is N[C@H]1CC[C@@H](COc2cncnc2-c2cnn(-c3ccccc3OC(F)(F)F)c2)CC1. The molecule has 2 heterocycles. The molecule has 3 aromatic rings. The van der Waals surface area contributed by atoms with Gasteiger partial charge in [0, 0.05) is 17.8 Å². The van der Waals surface area contributed by atoms with E-state index in [1.807, 2.05) is 0 Å². The minimum absolute atomic E-state index is 0.154. The van der Waals surface area contributed by atoms with Gasteiger partial charge in [0.15, 0.2) is 11.5 Å². The number of para-hydroxylation sites is 2. The number of alkyl halides is 3. The Balaban J connectivity index is 1.54. The summed E-state index contributed by atoms with van der Waals surface area (Å²) in [6.07, 6.45) is 5.25. The Bertz CT molecular complexity index is 1020. The summed E-state index contributed by atoms with van der Waals surface area (Å²) in [4.78, 5) is 8.33. The van der Waals surface area contributed by atoms with Crippen molar-refractivity contribution >= 4 is 0 Å². The van der Waals surface area contributed by atoms with E-state index < -0.39 is 6.36 Å². The van der Waals surface area contributed by atoms with E-state index >= 15 is 0 Å². The maximum atomic E-state index is 12.7. The Hall–Kier alpha value is -3.14. The third-order valence-corrected chi connectivity index (χ3v) is 5.24. The summed E-state index contributed by atoms with van der Waals surface area (Å²) in [5, 5.41) is 4.19. The zero-order chi connectivity index (χ0) is 21.8. The highest BCUT2D eigenvalue weighted by atomic mass is 19.4. The number of nitrogens with zero attached hydrogens (tertiary/aromatic N) is 4. The normalized spacial score (nSPS) is 19.2. The van der Waals surface area contributed by atoms with Crippen LogP contribution < -0.4 is 15.2 Å². The quantitative estimate of drug-likeness (QED) is 0.629. The summed E-state index contributed by atoms with van der Waals surface area (Å²) < 4.78 is 49.6. The molecule has 0 unspecified atom stereocenters. The zero-order valence-electron chi connectivity index (χ0n) is 16.6.